The smallest absolute Gasteiger partial charge is 0.310 e. The summed E-state index contributed by atoms with van der Waals surface area (Å²) in [7, 11) is 0. The lowest BCUT2D eigenvalue weighted by atomic mass is 9.90. The van der Waals surface area contributed by atoms with Gasteiger partial charge < -0.3 is 9.90 Å². The number of rotatable bonds is 4. The molecule has 0 saturated heterocycles. The molecule has 3 heteroatoms. The summed E-state index contributed by atoms with van der Waals surface area (Å²) in [6.45, 7) is 0. The van der Waals surface area contributed by atoms with Gasteiger partial charge in [-0.1, -0.05) is 48.5 Å². The van der Waals surface area contributed by atoms with Crippen LogP contribution in [0.25, 0.3) is 0 Å². The van der Waals surface area contributed by atoms with Crippen LogP contribution in [0.4, 0.5) is 0 Å². The Morgan fingerprint density at radius 2 is 1.90 bits per heavy atom. The topological polar surface area (TPSA) is 54.4 Å². The fourth-order valence-electron chi connectivity index (χ4n) is 3.10. The van der Waals surface area contributed by atoms with Gasteiger partial charge in [0.15, 0.2) is 0 Å². The first-order valence-electron chi connectivity index (χ1n) is 7.06. The van der Waals surface area contributed by atoms with Gasteiger partial charge >= 0.3 is 5.97 Å². The van der Waals surface area contributed by atoms with Crippen molar-refractivity contribution in [2.24, 2.45) is 0 Å². The molecule has 21 heavy (non-hydrogen) atoms. The molecule has 106 valence electrons. The van der Waals surface area contributed by atoms with Gasteiger partial charge in [-0.05, 0) is 35.1 Å². The van der Waals surface area contributed by atoms with Crippen molar-refractivity contribution in [2.75, 3.05) is 0 Å². The molecular formula is C18H16O3. The maximum absolute atomic E-state index is 11.5. The molecule has 1 aliphatic carbocycles. The molecule has 0 fully saturated rings. The summed E-state index contributed by atoms with van der Waals surface area (Å²) in [5.74, 6) is -1.46. The van der Waals surface area contributed by atoms with Gasteiger partial charge in [0, 0.05) is 0 Å². The van der Waals surface area contributed by atoms with Gasteiger partial charge in [0.1, 0.15) is 6.29 Å². The van der Waals surface area contributed by atoms with E-state index in [1.54, 1.807) is 0 Å². The van der Waals surface area contributed by atoms with E-state index in [1.807, 2.05) is 48.5 Å². The molecule has 2 aromatic rings. The highest BCUT2D eigenvalue weighted by Gasteiger charge is 2.29. The highest BCUT2D eigenvalue weighted by Crippen LogP contribution is 2.35. The van der Waals surface area contributed by atoms with Crippen molar-refractivity contribution < 1.29 is 14.7 Å². The van der Waals surface area contributed by atoms with E-state index in [-0.39, 0.29) is 5.92 Å². The molecular weight excluding hydrogens is 264 g/mol. The zero-order chi connectivity index (χ0) is 14.8. The summed E-state index contributed by atoms with van der Waals surface area (Å²) in [5.41, 5.74) is 3.84. The fraction of sp³-hybridized carbons (Fsp3) is 0.222. The van der Waals surface area contributed by atoms with Crippen molar-refractivity contribution >= 4 is 12.3 Å². The Kier molecular flexibility index (Phi) is 3.57. The molecule has 1 N–H and O–H groups in total. The van der Waals surface area contributed by atoms with Crippen molar-refractivity contribution in [1.29, 1.82) is 0 Å². The van der Waals surface area contributed by atoms with Crippen LogP contribution in [0.3, 0.4) is 0 Å². The van der Waals surface area contributed by atoms with Gasteiger partial charge in [-0.2, -0.15) is 0 Å². The van der Waals surface area contributed by atoms with Crippen LogP contribution in [0.2, 0.25) is 0 Å². The number of aliphatic carboxylic acids is 1. The number of aryl methyl sites for hydroxylation is 1. The zero-order valence-corrected chi connectivity index (χ0v) is 11.5. The SMILES string of the molecule is O=CC(c1ccccc1)c1ccc2c(c1)CCC2C(=O)O. The maximum atomic E-state index is 11.5. The average Bonchev–Trinajstić information content (AvgIpc) is 2.92. The molecule has 2 atom stereocenters. The van der Waals surface area contributed by atoms with Crippen molar-refractivity contribution in [3.8, 4) is 0 Å². The van der Waals surface area contributed by atoms with Gasteiger partial charge in [0.05, 0.1) is 11.8 Å². The van der Waals surface area contributed by atoms with Crippen LogP contribution in [-0.2, 0) is 16.0 Å². The second kappa shape index (κ2) is 5.52. The third-order valence-electron chi connectivity index (χ3n) is 4.20. The highest BCUT2D eigenvalue weighted by atomic mass is 16.4. The lowest BCUT2D eigenvalue weighted by Gasteiger charge is -2.13. The van der Waals surface area contributed by atoms with Crippen LogP contribution in [0.1, 0.15) is 40.5 Å². The van der Waals surface area contributed by atoms with Crippen LogP contribution in [-0.4, -0.2) is 17.4 Å². The number of carbonyl (C=O) groups is 2. The minimum Gasteiger partial charge on any atom is -0.481 e. The van der Waals surface area contributed by atoms with Gasteiger partial charge in [0.25, 0.3) is 0 Å². The van der Waals surface area contributed by atoms with E-state index >= 15 is 0 Å². The quantitative estimate of drug-likeness (QED) is 0.875. The Morgan fingerprint density at radius 3 is 2.57 bits per heavy atom. The number of hydrogen-bond acceptors (Lipinski definition) is 2. The standard InChI is InChI=1S/C18H16O3/c19-11-17(12-4-2-1-3-5-12)14-6-8-15-13(10-14)7-9-16(15)18(20)21/h1-6,8,10-11,16-17H,7,9H2,(H,20,21). The number of carboxylic acids is 1. The van der Waals surface area contributed by atoms with Gasteiger partial charge in [-0.15, -0.1) is 0 Å². The van der Waals surface area contributed by atoms with E-state index in [1.165, 1.54) is 0 Å². The maximum Gasteiger partial charge on any atom is 0.310 e. The lowest BCUT2D eigenvalue weighted by Crippen LogP contribution is -2.08. The first-order chi connectivity index (χ1) is 10.2. The Balaban J connectivity index is 1.97. The Bertz CT molecular complexity index is 676. The minimum absolute atomic E-state index is 0.291. The molecule has 0 saturated carbocycles. The number of aldehydes is 1. The zero-order valence-electron chi connectivity index (χ0n) is 11.5. The molecule has 3 rings (SSSR count). The molecule has 0 aliphatic heterocycles. The summed E-state index contributed by atoms with van der Waals surface area (Å²) in [4.78, 5) is 22.7. The van der Waals surface area contributed by atoms with E-state index in [9.17, 15) is 14.7 Å². The number of benzene rings is 2. The fourth-order valence-corrected chi connectivity index (χ4v) is 3.10. The first-order valence-corrected chi connectivity index (χ1v) is 7.06. The van der Waals surface area contributed by atoms with Crippen LogP contribution >= 0.6 is 0 Å². The van der Waals surface area contributed by atoms with Crippen molar-refractivity contribution in [1.82, 2.24) is 0 Å². The number of carboxylic acid groups (broad SMARTS) is 1. The number of fused-ring (bicyclic) bond motifs is 1. The van der Waals surface area contributed by atoms with Crippen LogP contribution < -0.4 is 0 Å². The summed E-state index contributed by atoms with van der Waals surface area (Å²) < 4.78 is 0. The summed E-state index contributed by atoms with van der Waals surface area (Å²) >= 11 is 0. The molecule has 0 spiro atoms. The van der Waals surface area contributed by atoms with E-state index < -0.39 is 11.9 Å². The second-order valence-electron chi connectivity index (χ2n) is 5.41. The predicted molar refractivity (Wildman–Crippen MR) is 79.5 cm³/mol. The third-order valence-corrected chi connectivity index (χ3v) is 4.20. The normalized spacial score (nSPS) is 18.0. The third kappa shape index (κ3) is 2.47. The van der Waals surface area contributed by atoms with Gasteiger partial charge in [-0.25, -0.2) is 0 Å². The molecule has 0 radical (unpaired) electrons. The van der Waals surface area contributed by atoms with Crippen LogP contribution in [0.5, 0.6) is 0 Å². The molecule has 2 unspecified atom stereocenters. The predicted octanol–water partition coefficient (Wildman–Crippen LogP) is 3.13. The Hall–Kier alpha value is -2.42. The Morgan fingerprint density at radius 1 is 1.14 bits per heavy atom. The molecule has 0 amide bonds. The van der Waals surface area contributed by atoms with Crippen LogP contribution in [0.15, 0.2) is 48.5 Å². The first kappa shape index (κ1) is 13.6. The summed E-state index contributed by atoms with van der Waals surface area (Å²) in [5, 5.41) is 9.21. The lowest BCUT2D eigenvalue weighted by molar-refractivity contribution is -0.138. The molecule has 2 aromatic carbocycles. The summed E-state index contributed by atoms with van der Waals surface area (Å²) in [6, 6.07) is 15.4. The van der Waals surface area contributed by atoms with Crippen molar-refractivity contribution in [3.05, 3.63) is 70.8 Å². The molecule has 3 nitrogen and oxygen atoms in total. The van der Waals surface area contributed by atoms with Gasteiger partial charge in [0.2, 0.25) is 0 Å². The molecule has 1 aliphatic rings. The monoisotopic (exact) mass is 280 g/mol. The summed E-state index contributed by atoms with van der Waals surface area (Å²) in [6.07, 6.45) is 2.35. The van der Waals surface area contributed by atoms with Crippen LogP contribution in [0, 0.1) is 0 Å². The molecule has 0 aromatic heterocycles. The molecule has 0 heterocycles. The van der Waals surface area contributed by atoms with Crippen molar-refractivity contribution in [3.63, 3.8) is 0 Å². The number of hydrogen-bond donors (Lipinski definition) is 1. The largest absolute Gasteiger partial charge is 0.481 e. The van der Waals surface area contributed by atoms with E-state index in [0.717, 1.165) is 35.0 Å². The van der Waals surface area contributed by atoms with E-state index in [2.05, 4.69) is 0 Å². The minimum atomic E-state index is -0.767. The average molecular weight is 280 g/mol. The second-order valence-corrected chi connectivity index (χ2v) is 5.41. The Labute approximate surface area is 123 Å². The number of carbonyl (C=O) groups excluding carboxylic acids is 1. The van der Waals surface area contributed by atoms with Crippen molar-refractivity contribution in [2.45, 2.75) is 24.7 Å². The highest BCUT2D eigenvalue weighted by molar-refractivity contribution is 5.78. The van der Waals surface area contributed by atoms with Gasteiger partial charge in [-0.3, -0.25) is 4.79 Å². The van der Waals surface area contributed by atoms with E-state index in [4.69, 9.17) is 0 Å². The van der Waals surface area contributed by atoms with E-state index in [0.29, 0.717) is 6.42 Å². The molecule has 0 bridgehead atoms.